The lowest BCUT2D eigenvalue weighted by atomic mass is 10.0. The number of imidazole rings is 1. The number of aromatic nitrogens is 2. The lowest BCUT2D eigenvalue weighted by Gasteiger charge is -2.12. The quantitative estimate of drug-likeness (QED) is 0.278. The summed E-state index contributed by atoms with van der Waals surface area (Å²) < 4.78 is 4.67. The first-order valence-electron chi connectivity index (χ1n) is 9.52. The number of pyridine rings is 2. The summed E-state index contributed by atoms with van der Waals surface area (Å²) in [5, 5.41) is 2.54. The van der Waals surface area contributed by atoms with Crippen LogP contribution in [-0.4, -0.2) is 18.5 Å². The number of anilines is 1. The molecule has 3 heterocycles. The number of halogens is 1. The van der Waals surface area contributed by atoms with E-state index in [1.165, 1.54) is 44.2 Å². The van der Waals surface area contributed by atoms with E-state index < -0.39 is 0 Å². The van der Waals surface area contributed by atoms with Crippen LogP contribution in [0.15, 0.2) is 66.9 Å². The first kappa shape index (κ1) is 19.0. The van der Waals surface area contributed by atoms with Gasteiger partial charge in [-0.15, -0.1) is 0 Å². The van der Waals surface area contributed by atoms with E-state index in [9.17, 15) is 0 Å². The van der Waals surface area contributed by atoms with Crippen molar-refractivity contribution in [3.63, 3.8) is 0 Å². The van der Waals surface area contributed by atoms with E-state index in [4.69, 9.17) is 0 Å². The number of benzene rings is 2. The Morgan fingerprint density at radius 1 is 0.857 bits per heavy atom. The van der Waals surface area contributed by atoms with Crippen LogP contribution in [0.1, 0.15) is 25.3 Å². The maximum Gasteiger partial charge on any atom is 0.292 e. The molecule has 0 saturated carbocycles. The molecule has 2 aromatic carbocycles. The van der Waals surface area contributed by atoms with E-state index in [2.05, 4.69) is 109 Å². The smallest absolute Gasteiger partial charge is 0.292 e. The van der Waals surface area contributed by atoms with Crippen LogP contribution in [0.4, 0.5) is 5.69 Å². The van der Waals surface area contributed by atoms with Crippen molar-refractivity contribution in [3.05, 3.63) is 72.4 Å². The third-order valence-electron chi connectivity index (χ3n) is 5.59. The predicted octanol–water partition coefficient (Wildman–Crippen LogP) is 2.18. The molecule has 0 amide bonds. The Labute approximate surface area is 182 Å². The number of fused-ring (bicyclic) bond motifs is 7. The zero-order valence-corrected chi connectivity index (χ0v) is 18.8. The molecule has 5 aromatic rings. The van der Waals surface area contributed by atoms with Gasteiger partial charge in [-0.25, -0.2) is 0 Å². The largest absolute Gasteiger partial charge is 1.00 e. The summed E-state index contributed by atoms with van der Waals surface area (Å²) in [5.41, 5.74) is 7.49. The molecular formula is C24H24IN3. The average molecular weight is 481 g/mol. The van der Waals surface area contributed by atoms with Crippen LogP contribution in [-0.2, 0) is 0 Å². The van der Waals surface area contributed by atoms with Gasteiger partial charge >= 0.3 is 0 Å². The third-order valence-corrected chi connectivity index (χ3v) is 5.59. The molecule has 0 spiro atoms. The zero-order chi connectivity index (χ0) is 18.7. The van der Waals surface area contributed by atoms with Crippen molar-refractivity contribution in [3.8, 4) is 0 Å². The fourth-order valence-corrected chi connectivity index (χ4v) is 4.01. The van der Waals surface area contributed by atoms with Crippen molar-refractivity contribution in [2.75, 3.05) is 19.0 Å². The third kappa shape index (κ3) is 2.82. The molecule has 0 aliphatic heterocycles. The number of nitrogens with zero attached hydrogens (tertiary/aromatic N) is 3. The minimum atomic E-state index is 0. The number of rotatable bonds is 2. The molecule has 4 heteroatoms. The van der Waals surface area contributed by atoms with Crippen molar-refractivity contribution in [2.24, 2.45) is 0 Å². The van der Waals surface area contributed by atoms with Crippen molar-refractivity contribution in [1.29, 1.82) is 0 Å². The summed E-state index contributed by atoms with van der Waals surface area (Å²) in [6, 6.07) is 22.4. The number of hydrogen-bond donors (Lipinski definition) is 0. The summed E-state index contributed by atoms with van der Waals surface area (Å²) in [5.74, 6) is 0.538. The molecule has 0 N–H and O–H groups in total. The summed E-state index contributed by atoms with van der Waals surface area (Å²) in [7, 11) is 4.16. The highest BCUT2D eigenvalue weighted by atomic mass is 127. The van der Waals surface area contributed by atoms with Crippen LogP contribution in [0.25, 0.3) is 33.0 Å². The highest BCUT2D eigenvalue weighted by molar-refractivity contribution is 5.87. The molecule has 0 saturated heterocycles. The second kappa shape index (κ2) is 6.92. The van der Waals surface area contributed by atoms with E-state index >= 15 is 0 Å². The molecule has 5 rings (SSSR count). The summed E-state index contributed by atoms with van der Waals surface area (Å²) in [4.78, 5) is 2.14. The number of hydrogen-bond acceptors (Lipinski definition) is 1. The van der Waals surface area contributed by atoms with Gasteiger partial charge in [-0.2, -0.15) is 8.80 Å². The summed E-state index contributed by atoms with van der Waals surface area (Å²) in [6.07, 6.45) is 2.24. The van der Waals surface area contributed by atoms with Gasteiger partial charge in [0.1, 0.15) is 17.2 Å². The van der Waals surface area contributed by atoms with Crippen molar-refractivity contribution in [2.45, 2.75) is 19.8 Å². The maximum absolute atomic E-state index is 2.36. The molecular weight excluding hydrogens is 457 g/mol. The molecule has 0 bridgehead atoms. The van der Waals surface area contributed by atoms with Gasteiger partial charge in [-0.3, -0.25) is 0 Å². The molecule has 0 fully saturated rings. The Kier molecular flexibility index (Phi) is 4.70. The molecule has 0 atom stereocenters. The Morgan fingerprint density at radius 2 is 1.64 bits per heavy atom. The lowest BCUT2D eigenvalue weighted by Crippen LogP contribution is -3.00. The maximum atomic E-state index is 2.36. The normalized spacial score (nSPS) is 11.6. The molecule has 0 aliphatic rings. The minimum Gasteiger partial charge on any atom is -1.00 e. The first-order chi connectivity index (χ1) is 13.0. The zero-order valence-electron chi connectivity index (χ0n) is 16.6. The summed E-state index contributed by atoms with van der Waals surface area (Å²) in [6.45, 7) is 4.49. The second-order valence-corrected chi connectivity index (χ2v) is 7.89. The molecule has 28 heavy (non-hydrogen) atoms. The van der Waals surface area contributed by atoms with Crippen LogP contribution < -0.4 is 33.3 Å². The van der Waals surface area contributed by atoms with E-state index in [1.54, 1.807) is 0 Å². The van der Waals surface area contributed by atoms with Crippen LogP contribution in [0.3, 0.4) is 0 Å². The minimum absolute atomic E-state index is 0. The predicted molar refractivity (Wildman–Crippen MR) is 114 cm³/mol. The van der Waals surface area contributed by atoms with Gasteiger partial charge in [-0.1, -0.05) is 19.9 Å². The van der Waals surface area contributed by atoms with Crippen LogP contribution in [0.2, 0.25) is 0 Å². The van der Waals surface area contributed by atoms with Crippen molar-refractivity contribution >= 4 is 38.7 Å². The molecule has 142 valence electrons. The SMILES string of the molecule is CC(C)c1ccc2c(ccc3c[n+]4c5ccc(N(C)C)cc5ccc4n32)c1.[I-]. The topological polar surface area (TPSA) is 11.8 Å². The van der Waals surface area contributed by atoms with Crippen molar-refractivity contribution < 1.29 is 28.4 Å². The van der Waals surface area contributed by atoms with Gasteiger partial charge in [0, 0.05) is 36.6 Å². The van der Waals surface area contributed by atoms with Crippen molar-refractivity contribution in [1.82, 2.24) is 4.40 Å². The molecule has 3 aromatic heterocycles. The molecule has 0 aliphatic carbocycles. The van der Waals surface area contributed by atoms with Gasteiger partial charge < -0.3 is 28.9 Å². The van der Waals surface area contributed by atoms with Gasteiger partial charge in [0.15, 0.2) is 5.52 Å². The Morgan fingerprint density at radius 3 is 2.39 bits per heavy atom. The van der Waals surface area contributed by atoms with Gasteiger partial charge in [0.25, 0.3) is 5.65 Å². The lowest BCUT2D eigenvalue weighted by molar-refractivity contribution is -0.479. The van der Waals surface area contributed by atoms with Gasteiger partial charge in [0.05, 0.1) is 0 Å². The first-order valence-corrected chi connectivity index (χ1v) is 9.52. The fourth-order valence-electron chi connectivity index (χ4n) is 4.01. The van der Waals surface area contributed by atoms with E-state index in [1.807, 2.05) is 0 Å². The highest BCUT2D eigenvalue weighted by Gasteiger charge is 2.17. The van der Waals surface area contributed by atoms with Gasteiger partial charge in [-0.05, 0) is 60.0 Å². The molecule has 0 unspecified atom stereocenters. The van der Waals surface area contributed by atoms with Crippen LogP contribution in [0.5, 0.6) is 0 Å². The fraction of sp³-hybridized carbons (Fsp3) is 0.208. The molecule has 0 radical (unpaired) electrons. The standard InChI is InChI=1S/C24H24N3.HI/c1-16(2)17-6-10-23-18(13-17)5-8-21-15-26-22-11-9-20(25(3)4)14-19(22)7-12-24(26)27(21)23;/h5-16H,1-4H3;1H/q+1;/p-1. The Hall–Kier alpha value is -2.34. The monoisotopic (exact) mass is 481 g/mol. The Balaban J connectivity index is 0.00000192. The second-order valence-electron chi connectivity index (χ2n) is 7.89. The van der Waals surface area contributed by atoms with Crippen LogP contribution >= 0.6 is 0 Å². The van der Waals surface area contributed by atoms with E-state index in [0.717, 1.165) is 0 Å². The van der Waals surface area contributed by atoms with Crippen LogP contribution in [0, 0.1) is 0 Å². The molecule has 3 nitrogen and oxygen atoms in total. The highest BCUT2D eigenvalue weighted by Crippen LogP contribution is 2.25. The Bertz CT molecular complexity index is 1330. The van der Waals surface area contributed by atoms with Gasteiger partial charge in [0.2, 0.25) is 0 Å². The van der Waals surface area contributed by atoms with E-state index in [-0.39, 0.29) is 24.0 Å². The average Bonchev–Trinajstić information content (AvgIpc) is 3.06. The van der Waals surface area contributed by atoms with E-state index in [0.29, 0.717) is 5.92 Å². The summed E-state index contributed by atoms with van der Waals surface area (Å²) >= 11 is 0.